The van der Waals surface area contributed by atoms with Gasteiger partial charge in [-0.2, -0.15) is 0 Å². The molecule has 4 aromatic carbocycles. The van der Waals surface area contributed by atoms with Gasteiger partial charge in [-0.05, 0) is 92.3 Å². The van der Waals surface area contributed by atoms with Crippen LogP contribution in [0.4, 0.5) is 0 Å². The Morgan fingerprint density at radius 3 is 1.22 bits per heavy atom. The van der Waals surface area contributed by atoms with Crippen LogP contribution in [-0.2, 0) is 21.1 Å². The molecule has 0 aliphatic heterocycles. The third-order valence-corrected chi connectivity index (χ3v) is 11.2. The molecule has 292 valence electrons. The van der Waals surface area contributed by atoms with E-state index >= 15 is 0 Å². The number of ether oxygens (including phenoxy) is 1. The number of imidazole rings is 4. The molecule has 10 aromatic rings. The molecule has 0 unspecified atom stereocenters. The van der Waals surface area contributed by atoms with Crippen LogP contribution < -0.4 is 4.74 Å². The maximum absolute atomic E-state index is 6.59. The van der Waals surface area contributed by atoms with Crippen LogP contribution in [0.3, 0.4) is 0 Å². The number of para-hydroxylation sites is 2. The van der Waals surface area contributed by atoms with Gasteiger partial charge in [0.15, 0.2) is 11.3 Å². The predicted molar refractivity (Wildman–Crippen MR) is 229 cm³/mol. The second-order valence-electron chi connectivity index (χ2n) is 16.3. The first-order valence-electron chi connectivity index (χ1n) is 19.9. The van der Waals surface area contributed by atoms with E-state index in [0.29, 0.717) is 35.2 Å². The van der Waals surface area contributed by atoms with Crippen molar-refractivity contribution >= 4 is 55.9 Å². The largest absolute Gasteiger partial charge is 2.00 e. The Morgan fingerprint density at radius 2 is 0.862 bits per heavy atom. The average molecular weight is 944 g/mol. The van der Waals surface area contributed by atoms with E-state index in [2.05, 4.69) is 134 Å². The minimum Gasteiger partial charge on any atom is -0.509 e. The molecule has 10 rings (SSSR count). The third kappa shape index (κ3) is 5.69. The van der Waals surface area contributed by atoms with Gasteiger partial charge in [-0.1, -0.05) is 91.8 Å². The Hall–Kier alpha value is -5.79. The van der Waals surface area contributed by atoms with Crippen LogP contribution in [-0.4, -0.2) is 37.9 Å². The zero-order chi connectivity index (χ0) is 39.3. The van der Waals surface area contributed by atoms with Crippen molar-refractivity contribution in [3.63, 3.8) is 0 Å². The summed E-state index contributed by atoms with van der Waals surface area (Å²) < 4.78 is 15.4. The second kappa shape index (κ2) is 14.2. The molecule has 0 atom stereocenters. The fraction of sp³-hybridized carbons (Fsp3) is 0.250. The summed E-state index contributed by atoms with van der Waals surface area (Å²) in [7, 11) is 0. The number of hydrogen-bond donors (Lipinski definition) is 0. The van der Waals surface area contributed by atoms with Gasteiger partial charge in [0.2, 0.25) is 11.6 Å². The molecule has 10 heteroatoms. The Kier molecular flexibility index (Phi) is 9.27. The number of rotatable bonds is 8. The average Bonchev–Trinajstić information content (AvgIpc) is 3.93. The molecule has 9 nitrogen and oxygen atoms in total. The molecule has 0 radical (unpaired) electrons. The smallest absolute Gasteiger partial charge is 0.509 e. The maximum Gasteiger partial charge on any atom is 2.00 e. The van der Waals surface area contributed by atoms with Gasteiger partial charge in [0.25, 0.3) is 0 Å². The molecule has 58 heavy (non-hydrogen) atoms. The Bertz CT molecular complexity index is 2930. The summed E-state index contributed by atoms with van der Waals surface area (Å²) in [6.45, 7) is 18.0. The van der Waals surface area contributed by atoms with Gasteiger partial charge in [-0.15, -0.1) is 36.4 Å². The molecule has 0 bridgehead atoms. The van der Waals surface area contributed by atoms with Gasteiger partial charge in [0, 0.05) is 23.9 Å². The van der Waals surface area contributed by atoms with Crippen LogP contribution in [0.25, 0.3) is 67.3 Å². The van der Waals surface area contributed by atoms with E-state index in [1.165, 1.54) is 33.6 Å². The first kappa shape index (κ1) is 37.8. The topological polar surface area (TPSA) is 79.5 Å². The molecule has 0 aliphatic rings. The molecule has 6 aromatic heterocycles. The van der Waals surface area contributed by atoms with Crippen molar-refractivity contribution in [2.24, 2.45) is 0 Å². The number of pyridine rings is 2. The zero-order valence-corrected chi connectivity index (χ0v) is 36.1. The number of benzene rings is 4. The Morgan fingerprint density at radius 1 is 0.483 bits per heavy atom. The SMILES string of the molecule is CC(C)c1cccc(C(C)C)c1-n1c2cccnc2n2c3[c-]c(Oc4[c-]c5c(cc4)nc4n(-c6c(C(C)C)cccc6C(C)C)c6cccnc6n54)ccc3nc12.[Pt+2]. The van der Waals surface area contributed by atoms with E-state index in [1.54, 1.807) is 0 Å². The van der Waals surface area contributed by atoms with Gasteiger partial charge < -0.3 is 4.74 Å². The monoisotopic (exact) mass is 943 g/mol. The van der Waals surface area contributed by atoms with Gasteiger partial charge in [-0.3, -0.25) is 27.9 Å². The van der Waals surface area contributed by atoms with Gasteiger partial charge in [-0.25, -0.2) is 9.97 Å². The zero-order valence-electron chi connectivity index (χ0n) is 33.8. The standard InChI is InChI=1S/C48H44N8O.Pt/c1-27(2)33-13-9-14-34(28(3)4)43(33)53-39-17-11-23-49-45(39)55-41-25-31(19-21-37(41)51-47(53)55)57-32-20-22-38-42(26-32)56-46-40(18-12-24-50-46)54(48(56)52-38)44-35(29(5)6)15-10-16-36(44)30(7)8;/h9-24,27-30H,1-8H3;/q-2;+2. The molecule has 0 saturated heterocycles. The van der Waals surface area contributed by atoms with Crippen LogP contribution in [0.1, 0.15) is 101 Å². The van der Waals surface area contributed by atoms with Crippen molar-refractivity contribution in [1.82, 2.24) is 37.9 Å². The third-order valence-electron chi connectivity index (χ3n) is 11.2. The van der Waals surface area contributed by atoms with Gasteiger partial charge >= 0.3 is 21.1 Å². The van der Waals surface area contributed by atoms with Gasteiger partial charge in [0.1, 0.15) is 0 Å². The molecular weight excluding hydrogens is 900 g/mol. The maximum atomic E-state index is 6.59. The quantitative estimate of drug-likeness (QED) is 0.142. The Labute approximate surface area is 351 Å². The number of nitrogens with zero attached hydrogens (tertiary/aromatic N) is 8. The van der Waals surface area contributed by atoms with Crippen LogP contribution in [0.2, 0.25) is 0 Å². The van der Waals surface area contributed by atoms with Crippen LogP contribution in [0, 0.1) is 12.1 Å². The molecule has 0 spiro atoms. The van der Waals surface area contributed by atoms with E-state index in [0.717, 1.165) is 55.9 Å². The summed E-state index contributed by atoms with van der Waals surface area (Å²) in [4.78, 5) is 20.2. The first-order valence-corrected chi connectivity index (χ1v) is 19.9. The molecule has 0 fully saturated rings. The van der Waals surface area contributed by atoms with Crippen LogP contribution in [0.15, 0.2) is 97.3 Å². The van der Waals surface area contributed by atoms with Crippen molar-refractivity contribution < 1.29 is 25.8 Å². The first-order chi connectivity index (χ1) is 27.6. The summed E-state index contributed by atoms with van der Waals surface area (Å²) in [5.41, 5.74) is 14.2. The summed E-state index contributed by atoms with van der Waals surface area (Å²) >= 11 is 0. The van der Waals surface area contributed by atoms with Crippen molar-refractivity contribution in [1.29, 1.82) is 0 Å². The van der Waals surface area contributed by atoms with E-state index in [9.17, 15) is 0 Å². The summed E-state index contributed by atoms with van der Waals surface area (Å²) in [6.07, 6.45) is 3.67. The molecule has 0 amide bonds. The summed E-state index contributed by atoms with van der Waals surface area (Å²) in [5, 5.41) is 0. The van der Waals surface area contributed by atoms with Crippen molar-refractivity contribution in [3.8, 4) is 22.9 Å². The van der Waals surface area contributed by atoms with Crippen molar-refractivity contribution in [3.05, 3.63) is 132 Å². The summed E-state index contributed by atoms with van der Waals surface area (Å²) in [5.74, 6) is 3.95. The molecule has 0 saturated carbocycles. The normalized spacial score (nSPS) is 12.3. The Balaban J connectivity index is 0.00000436. The second-order valence-corrected chi connectivity index (χ2v) is 16.3. The van der Waals surface area contributed by atoms with E-state index < -0.39 is 0 Å². The molecule has 6 heterocycles. The van der Waals surface area contributed by atoms with Gasteiger partial charge in [0.05, 0.1) is 22.4 Å². The van der Waals surface area contributed by atoms with E-state index in [-0.39, 0.29) is 21.1 Å². The molecule has 0 aliphatic carbocycles. The van der Waals surface area contributed by atoms with Crippen LogP contribution in [0.5, 0.6) is 11.5 Å². The molecule has 0 N–H and O–H groups in total. The van der Waals surface area contributed by atoms with Crippen molar-refractivity contribution in [2.75, 3.05) is 0 Å². The van der Waals surface area contributed by atoms with E-state index in [1.807, 2.05) is 48.8 Å². The minimum atomic E-state index is 0. The number of hydrogen-bond acceptors (Lipinski definition) is 5. The summed E-state index contributed by atoms with van der Waals surface area (Å²) in [6, 6.07) is 36.4. The fourth-order valence-corrected chi connectivity index (χ4v) is 8.55. The van der Waals surface area contributed by atoms with Crippen molar-refractivity contribution in [2.45, 2.75) is 79.1 Å². The minimum absolute atomic E-state index is 0. The van der Waals surface area contributed by atoms with Crippen LogP contribution >= 0.6 is 0 Å². The van der Waals surface area contributed by atoms with E-state index in [4.69, 9.17) is 24.7 Å². The molecular formula is C48H44N8OPt. The fourth-order valence-electron chi connectivity index (χ4n) is 8.55. The predicted octanol–water partition coefficient (Wildman–Crippen LogP) is 11.8. The number of aromatic nitrogens is 8. The number of fused-ring (bicyclic) bond motifs is 10.